The van der Waals surface area contributed by atoms with Crippen molar-refractivity contribution in [1.82, 2.24) is 0 Å². The summed E-state index contributed by atoms with van der Waals surface area (Å²) in [6, 6.07) is 35.3. The fourth-order valence-corrected chi connectivity index (χ4v) is 8.18. The van der Waals surface area contributed by atoms with Crippen molar-refractivity contribution in [3.63, 3.8) is 0 Å². The van der Waals surface area contributed by atoms with Crippen LogP contribution in [0.25, 0.3) is 0 Å². The maximum Gasteiger partial charge on any atom is 0.112 e. The first-order valence-corrected chi connectivity index (χ1v) is 11.4. The average molecular weight is 371 g/mol. The summed E-state index contributed by atoms with van der Waals surface area (Å²) < 4.78 is 5.26. The van der Waals surface area contributed by atoms with Crippen LogP contribution in [0.4, 0.5) is 0 Å². The van der Waals surface area contributed by atoms with Crippen molar-refractivity contribution in [2.75, 3.05) is 6.16 Å². The van der Waals surface area contributed by atoms with E-state index in [1.165, 1.54) is 21.5 Å². The normalized spacial score (nSPS) is 11.4. The van der Waals surface area contributed by atoms with Crippen LogP contribution >= 0.6 is 7.26 Å². The Labute approximate surface area is 162 Å². The lowest BCUT2D eigenvalue weighted by Gasteiger charge is -2.27. The van der Waals surface area contributed by atoms with Gasteiger partial charge in [-0.3, -0.25) is 0 Å². The fourth-order valence-electron chi connectivity index (χ4n) is 3.84. The third-order valence-corrected chi connectivity index (χ3v) is 9.66. The van der Waals surface area contributed by atoms with Crippen LogP contribution in [0.15, 0.2) is 114 Å². The molecule has 1 nitrogen and oxygen atoms in total. The van der Waals surface area contributed by atoms with Crippen molar-refractivity contribution in [3.05, 3.63) is 115 Å². The maximum absolute atomic E-state index is 5.26. The van der Waals surface area contributed by atoms with E-state index in [-0.39, 0.29) is 0 Å². The van der Waals surface area contributed by atoms with Gasteiger partial charge in [0, 0.05) is 0 Å². The SMILES string of the molecule is c1ccc([P+](CCCc2ccoc2)(c2ccccc2)c2ccccc2)cc1. The molecule has 0 aliphatic rings. The molecular weight excluding hydrogens is 347 g/mol. The summed E-state index contributed by atoms with van der Waals surface area (Å²) in [4.78, 5) is 0. The van der Waals surface area contributed by atoms with Crippen LogP contribution in [0.5, 0.6) is 0 Å². The predicted molar refractivity (Wildman–Crippen MR) is 117 cm³/mol. The van der Waals surface area contributed by atoms with E-state index < -0.39 is 7.26 Å². The molecule has 0 bridgehead atoms. The molecule has 2 heteroatoms. The van der Waals surface area contributed by atoms with Gasteiger partial charge >= 0.3 is 0 Å². The Morgan fingerprint density at radius 2 is 1.07 bits per heavy atom. The van der Waals surface area contributed by atoms with E-state index in [2.05, 4.69) is 97.1 Å². The van der Waals surface area contributed by atoms with E-state index in [0.29, 0.717) is 0 Å². The Morgan fingerprint density at radius 3 is 1.48 bits per heavy atom. The molecule has 0 saturated carbocycles. The minimum absolute atomic E-state index is 1.05. The first-order chi connectivity index (χ1) is 13.4. The molecule has 0 radical (unpaired) electrons. The number of benzene rings is 3. The molecule has 0 saturated heterocycles. The van der Waals surface area contributed by atoms with Gasteiger partial charge in [0.2, 0.25) is 0 Å². The summed E-state index contributed by atoms with van der Waals surface area (Å²) in [7, 11) is -1.70. The standard InChI is InChI=1S/C25H24OP/c1-4-12-23(13-5-1)27(24-14-6-2-7-15-24,25-16-8-3-9-17-25)20-10-11-22-18-19-26-21-22/h1-9,12-19,21H,10-11,20H2/q+1. The largest absolute Gasteiger partial charge is 0.472 e. The Hall–Kier alpha value is -2.63. The Bertz CT molecular complexity index is 835. The monoisotopic (exact) mass is 371 g/mol. The molecule has 1 heterocycles. The van der Waals surface area contributed by atoms with Crippen molar-refractivity contribution in [1.29, 1.82) is 0 Å². The van der Waals surface area contributed by atoms with Gasteiger partial charge in [0.15, 0.2) is 0 Å². The lowest BCUT2D eigenvalue weighted by Crippen LogP contribution is -2.33. The minimum Gasteiger partial charge on any atom is -0.472 e. The van der Waals surface area contributed by atoms with E-state index >= 15 is 0 Å². The smallest absolute Gasteiger partial charge is 0.112 e. The molecule has 4 aromatic rings. The third kappa shape index (κ3) is 3.75. The summed E-state index contributed by atoms with van der Waals surface area (Å²) in [5, 5.41) is 4.36. The van der Waals surface area contributed by atoms with Gasteiger partial charge in [0.25, 0.3) is 0 Å². The zero-order valence-electron chi connectivity index (χ0n) is 15.4. The molecule has 0 fully saturated rings. The fraction of sp³-hybridized carbons (Fsp3) is 0.120. The van der Waals surface area contributed by atoms with Crippen LogP contribution in [-0.2, 0) is 6.42 Å². The molecular formula is C25H24OP+. The van der Waals surface area contributed by atoms with Crippen molar-refractivity contribution in [3.8, 4) is 0 Å². The Morgan fingerprint density at radius 1 is 0.593 bits per heavy atom. The molecule has 0 spiro atoms. The van der Waals surface area contributed by atoms with E-state index in [9.17, 15) is 0 Å². The lowest BCUT2D eigenvalue weighted by molar-refractivity contribution is 0.563. The second-order valence-corrected chi connectivity index (χ2v) is 10.4. The number of hydrogen-bond acceptors (Lipinski definition) is 1. The van der Waals surface area contributed by atoms with Crippen LogP contribution in [-0.4, -0.2) is 6.16 Å². The molecule has 4 rings (SSSR count). The molecule has 0 atom stereocenters. The second kappa shape index (κ2) is 8.37. The molecule has 0 aliphatic heterocycles. The van der Waals surface area contributed by atoms with Gasteiger partial charge in [-0.2, -0.15) is 0 Å². The third-order valence-electron chi connectivity index (χ3n) is 5.13. The van der Waals surface area contributed by atoms with Gasteiger partial charge in [-0.05, 0) is 60.9 Å². The molecule has 0 N–H and O–H groups in total. The zero-order chi connectivity index (χ0) is 18.4. The maximum atomic E-state index is 5.26. The average Bonchev–Trinajstić information content (AvgIpc) is 3.27. The van der Waals surface area contributed by atoms with Gasteiger partial charge in [0.05, 0.1) is 18.7 Å². The van der Waals surface area contributed by atoms with Crippen molar-refractivity contribution in [2.24, 2.45) is 0 Å². The summed E-state index contributed by atoms with van der Waals surface area (Å²) in [6.45, 7) is 0. The molecule has 134 valence electrons. The molecule has 27 heavy (non-hydrogen) atoms. The van der Waals surface area contributed by atoms with Gasteiger partial charge in [0.1, 0.15) is 23.2 Å². The van der Waals surface area contributed by atoms with Gasteiger partial charge in [-0.1, -0.05) is 54.6 Å². The molecule has 0 unspecified atom stereocenters. The number of hydrogen-bond donors (Lipinski definition) is 0. The summed E-state index contributed by atoms with van der Waals surface area (Å²) in [6.07, 6.45) is 6.96. The predicted octanol–water partition coefficient (Wildman–Crippen LogP) is 5.21. The number of rotatable bonds is 7. The zero-order valence-corrected chi connectivity index (χ0v) is 16.3. The first-order valence-electron chi connectivity index (χ1n) is 9.45. The molecule has 1 aromatic heterocycles. The number of furan rings is 1. The van der Waals surface area contributed by atoms with Crippen molar-refractivity contribution >= 4 is 23.2 Å². The van der Waals surface area contributed by atoms with Crippen LogP contribution in [0.2, 0.25) is 0 Å². The van der Waals surface area contributed by atoms with Crippen LogP contribution in [0, 0.1) is 0 Å². The van der Waals surface area contributed by atoms with E-state index in [0.717, 1.165) is 19.0 Å². The van der Waals surface area contributed by atoms with E-state index in [1.807, 2.05) is 6.26 Å². The molecule has 0 amide bonds. The van der Waals surface area contributed by atoms with Crippen LogP contribution in [0.1, 0.15) is 12.0 Å². The molecule has 3 aromatic carbocycles. The second-order valence-electron chi connectivity index (χ2n) is 6.78. The lowest BCUT2D eigenvalue weighted by atomic mass is 10.2. The van der Waals surface area contributed by atoms with Crippen molar-refractivity contribution < 1.29 is 4.42 Å². The van der Waals surface area contributed by atoms with E-state index in [1.54, 1.807) is 6.26 Å². The summed E-state index contributed by atoms with van der Waals surface area (Å²) in [5.41, 5.74) is 1.28. The van der Waals surface area contributed by atoms with Crippen molar-refractivity contribution in [2.45, 2.75) is 12.8 Å². The quantitative estimate of drug-likeness (QED) is 0.407. The van der Waals surface area contributed by atoms with Crippen LogP contribution < -0.4 is 15.9 Å². The van der Waals surface area contributed by atoms with Gasteiger partial charge in [-0.25, -0.2) is 0 Å². The highest BCUT2D eigenvalue weighted by atomic mass is 31.2. The van der Waals surface area contributed by atoms with Gasteiger partial charge in [-0.15, -0.1) is 0 Å². The topological polar surface area (TPSA) is 13.1 Å². The van der Waals surface area contributed by atoms with Gasteiger partial charge < -0.3 is 4.42 Å². The highest BCUT2D eigenvalue weighted by Gasteiger charge is 2.44. The summed E-state index contributed by atoms with van der Waals surface area (Å²) in [5.74, 6) is 0. The summed E-state index contributed by atoms with van der Waals surface area (Å²) >= 11 is 0. The van der Waals surface area contributed by atoms with Crippen LogP contribution in [0.3, 0.4) is 0 Å². The minimum atomic E-state index is -1.70. The Balaban J connectivity index is 1.81. The van der Waals surface area contributed by atoms with E-state index in [4.69, 9.17) is 4.42 Å². The Kier molecular flexibility index (Phi) is 5.51. The first kappa shape index (κ1) is 17.8. The molecule has 0 aliphatic carbocycles. The highest BCUT2D eigenvalue weighted by Crippen LogP contribution is 2.55. The highest BCUT2D eigenvalue weighted by molar-refractivity contribution is 7.95. The number of aryl methyl sites for hydroxylation is 1.